The van der Waals surface area contributed by atoms with Crippen molar-refractivity contribution in [3.8, 4) is 27.8 Å². The lowest BCUT2D eigenvalue weighted by Crippen LogP contribution is -1.77. The summed E-state index contributed by atoms with van der Waals surface area (Å²) in [5.74, 6) is 0.966. The first kappa shape index (κ1) is 13.4. The summed E-state index contributed by atoms with van der Waals surface area (Å²) in [7, 11) is 0. The summed E-state index contributed by atoms with van der Waals surface area (Å²) < 4.78 is 5.82. The Hall–Kier alpha value is -2.30. The van der Waals surface area contributed by atoms with Crippen LogP contribution in [-0.4, -0.2) is 10.1 Å². The smallest absolute Gasteiger partial charge is 0.154 e. The zero-order valence-corrected chi connectivity index (χ0v) is 12.9. The average Bonchev–Trinajstić information content (AvgIpc) is 3.13. The van der Waals surface area contributed by atoms with Gasteiger partial charge in [0.1, 0.15) is 22.0 Å². The Morgan fingerprint density at radius 3 is 2.68 bits per heavy atom. The van der Waals surface area contributed by atoms with Gasteiger partial charge in [-0.2, -0.15) is 0 Å². The van der Waals surface area contributed by atoms with Crippen LogP contribution < -0.4 is 0 Å². The van der Waals surface area contributed by atoms with Crippen molar-refractivity contribution in [2.45, 2.75) is 0 Å². The highest BCUT2D eigenvalue weighted by atomic mass is 35.5. The third-order valence-electron chi connectivity index (χ3n) is 3.35. The number of aromatic hydroxyl groups is 1. The molecule has 0 radical (unpaired) electrons. The molecule has 4 aromatic rings. The van der Waals surface area contributed by atoms with Crippen LogP contribution in [-0.2, 0) is 0 Å². The average molecular weight is 328 g/mol. The van der Waals surface area contributed by atoms with E-state index < -0.39 is 0 Å². The number of phenols is 1. The van der Waals surface area contributed by atoms with Crippen LogP contribution in [0.2, 0.25) is 5.02 Å². The third-order valence-corrected chi connectivity index (χ3v) is 4.48. The second kappa shape index (κ2) is 5.16. The van der Waals surface area contributed by atoms with Crippen molar-refractivity contribution in [3.05, 3.63) is 58.9 Å². The molecule has 0 atom stereocenters. The lowest BCUT2D eigenvalue weighted by Gasteiger charge is -1.95. The topological polar surface area (TPSA) is 46.3 Å². The molecule has 0 amide bonds. The Morgan fingerprint density at radius 2 is 1.86 bits per heavy atom. The summed E-state index contributed by atoms with van der Waals surface area (Å²) in [5, 5.41) is 13.8. The maximum absolute atomic E-state index is 9.35. The number of furan rings is 1. The van der Waals surface area contributed by atoms with Crippen LogP contribution in [0.4, 0.5) is 0 Å². The first-order chi connectivity index (χ1) is 10.7. The molecule has 2 aromatic carbocycles. The van der Waals surface area contributed by atoms with Crippen molar-refractivity contribution in [1.82, 2.24) is 4.98 Å². The van der Waals surface area contributed by atoms with Crippen LogP contribution >= 0.6 is 22.9 Å². The Kier molecular flexibility index (Phi) is 3.13. The van der Waals surface area contributed by atoms with Gasteiger partial charge in [-0.25, -0.2) is 4.98 Å². The fourth-order valence-corrected chi connectivity index (χ4v) is 3.26. The molecule has 0 bridgehead atoms. The molecular formula is C17H10ClNO2S. The molecule has 2 heterocycles. The summed E-state index contributed by atoms with van der Waals surface area (Å²) in [6.45, 7) is 0. The monoisotopic (exact) mass is 327 g/mol. The molecule has 0 aliphatic rings. The van der Waals surface area contributed by atoms with E-state index >= 15 is 0 Å². The Morgan fingerprint density at radius 1 is 1.05 bits per heavy atom. The van der Waals surface area contributed by atoms with Crippen molar-refractivity contribution in [1.29, 1.82) is 0 Å². The maximum Gasteiger partial charge on any atom is 0.154 e. The Labute approximate surface area is 135 Å². The molecule has 0 unspecified atom stereocenters. The molecule has 0 fully saturated rings. The highest BCUT2D eigenvalue weighted by Crippen LogP contribution is 2.33. The number of rotatable bonds is 2. The predicted octanol–water partition coefficient (Wildman–Crippen LogP) is 5.58. The van der Waals surface area contributed by atoms with E-state index in [0.29, 0.717) is 5.02 Å². The number of phenolic OH excluding ortho intramolecular Hbond substituents is 1. The number of hydrogen-bond donors (Lipinski definition) is 1. The fraction of sp³-hybridized carbons (Fsp3) is 0. The highest BCUT2D eigenvalue weighted by molar-refractivity contribution is 7.13. The summed E-state index contributed by atoms with van der Waals surface area (Å²) in [6.07, 6.45) is 0. The number of fused-ring (bicyclic) bond motifs is 1. The van der Waals surface area contributed by atoms with Crippen LogP contribution in [0.5, 0.6) is 5.75 Å². The molecular weight excluding hydrogens is 318 g/mol. The van der Waals surface area contributed by atoms with Crippen molar-refractivity contribution in [3.63, 3.8) is 0 Å². The second-order valence-electron chi connectivity index (χ2n) is 4.88. The number of benzene rings is 2. The van der Waals surface area contributed by atoms with E-state index in [9.17, 15) is 5.11 Å². The SMILES string of the molecule is Oc1ccc(-c2nc(-c3cc4cc(Cl)ccc4o3)cs2)cc1. The molecule has 2 aromatic heterocycles. The molecule has 0 spiro atoms. The molecule has 3 nitrogen and oxygen atoms in total. The van der Waals surface area contributed by atoms with Crippen molar-refractivity contribution in [2.24, 2.45) is 0 Å². The van der Waals surface area contributed by atoms with Gasteiger partial charge in [0.05, 0.1) is 0 Å². The van der Waals surface area contributed by atoms with Crippen molar-refractivity contribution < 1.29 is 9.52 Å². The molecule has 0 saturated carbocycles. The molecule has 1 N–H and O–H groups in total. The van der Waals surface area contributed by atoms with Gasteiger partial charge < -0.3 is 9.52 Å². The van der Waals surface area contributed by atoms with Gasteiger partial charge in [0, 0.05) is 21.4 Å². The largest absolute Gasteiger partial charge is 0.508 e. The van der Waals surface area contributed by atoms with Crippen LogP contribution in [0.3, 0.4) is 0 Å². The van der Waals surface area contributed by atoms with Gasteiger partial charge in [-0.05, 0) is 48.5 Å². The predicted molar refractivity (Wildman–Crippen MR) is 89.4 cm³/mol. The van der Waals surface area contributed by atoms with Gasteiger partial charge >= 0.3 is 0 Å². The molecule has 4 rings (SSSR count). The second-order valence-corrected chi connectivity index (χ2v) is 6.17. The number of thiazole rings is 1. The van der Waals surface area contributed by atoms with Crippen LogP contribution in [0.1, 0.15) is 0 Å². The first-order valence-electron chi connectivity index (χ1n) is 6.63. The maximum atomic E-state index is 9.35. The summed E-state index contributed by atoms with van der Waals surface area (Å²) in [6, 6.07) is 14.5. The molecule has 0 saturated heterocycles. The summed E-state index contributed by atoms with van der Waals surface area (Å²) in [4.78, 5) is 4.61. The van der Waals surface area contributed by atoms with E-state index in [1.165, 1.54) is 11.3 Å². The highest BCUT2D eigenvalue weighted by Gasteiger charge is 2.11. The minimum Gasteiger partial charge on any atom is -0.508 e. The fourth-order valence-electron chi connectivity index (χ4n) is 2.26. The van der Waals surface area contributed by atoms with E-state index in [1.54, 1.807) is 18.2 Å². The van der Waals surface area contributed by atoms with Crippen LogP contribution in [0.25, 0.3) is 33.0 Å². The molecule has 5 heteroatoms. The van der Waals surface area contributed by atoms with E-state index in [2.05, 4.69) is 4.98 Å². The molecule has 22 heavy (non-hydrogen) atoms. The first-order valence-corrected chi connectivity index (χ1v) is 7.89. The lowest BCUT2D eigenvalue weighted by atomic mass is 10.2. The molecule has 108 valence electrons. The van der Waals surface area contributed by atoms with Gasteiger partial charge in [-0.15, -0.1) is 11.3 Å². The van der Waals surface area contributed by atoms with Gasteiger partial charge in [-0.3, -0.25) is 0 Å². The van der Waals surface area contributed by atoms with Gasteiger partial charge in [0.25, 0.3) is 0 Å². The van der Waals surface area contributed by atoms with E-state index in [4.69, 9.17) is 16.0 Å². The van der Waals surface area contributed by atoms with E-state index in [-0.39, 0.29) is 5.75 Å². The quantitative estimate of drug-likeness (QED) is 0.522. The lowest BCUT2D eigenvalue weighted by molar-refractivity contribution is 0.475. The van der Waals surface area contributed by atoms with Gasteiger partial charge in [0.2, 0.25) is 0 Å². The molecule has 0 aliphatic heterocycles. The van der Waals surface area contributed by atoms with Gasteiger partial charge in [0.15, 0.2) is 5.76 Å². The normalized spacial score (nSPS) is 11.1. The minimum absolute atomic E-state index is 0.245. The number of hydrogen-bond acceptors (Lipinski definition) is 4. The number of nitrogens with zero attached hydrogens (tertiary/aromatic N) is 1. The van der Waals surface area contributed by atoms with Gasteiger partial charge in [-0.1, -0.05) is 11.6 Å². The minimum atomic E-state index is 0.245. The third kappa shape index (κ3) is 2.36. The Bertz CT molecular complexity index is 956. The molecule has 0 aliphatic carbocycles. The van der Waals surface area contributed by atoms with Crippen molar-refractivity contribution >= 4 is 33.9 Å². The Balaban J connectivity index is 1.74. The van der Waals surface area contributed by atoms with Crippen LogP contribution in [0.15, 0.2) is 58.3 Å². The standard InChI is InChI=1S/C17H10ClNO2S/c18-12-3-6-15-11(7-12)8-16(21-15)14-9-22-17(19-14)10-1-4-13(20)5-2-10/h1-9,20H. The zero-order chi connectivity index (χ0) is 15.1. The number of aromatic nitrogens is 1. The summed E-state index contributed by atoms with van der Waals surface area (Å²) >= 11 is 7.53. The van der Waals surface area contributed by atoms with Crippen LogP contribution in [0, 0.1) is 0 Å². The van der Waals surface area contributed by atoms with E-state index in [0.717, 1.165) is 33.0 Å². The van der Waals surface area contributed by atoms with Crippen molar-refractivity contribution in [2.75, 3.05) is 0 Å². The number of halogens is 1. The summed E-state index contributed by atoms with van der Waals surface area (Å²) in [5.41, 5.74) is 2.55. The zero-order valence-electron chi connectivity index (χ0n) is 11.3. The van der Waals surface area contributed by atoms with E-state index in [1.807, 2.05) is 35.7 Å².